The molecule has 0 spiro atoms. The minimum atomic E-state index is 0.719. The number of anilines is 2. The first-order valence-electron chi connectivity index (χ1n) is 9.55. The number of hydrogen-bond acceptors (Lipinski definition) is 4. The molecule has 0 aliphatic rings. The van der Waals surface area contributed by atoms with Gasteiger partial charge in [-0.2, -0.15) is 0 Å². The van der Waals surface area contributed by atoms with Crippen LogP contribution in [0.1, 0.15) is 0 Å². The van der Waals surface area contributed by atoms with E-state index in [2.05, 4.69) is 44.3 Å². The predicted molar refractivity (Wildman–Crippen MR) is 122 cm³/mol. The van der Waals surface area contributed by atoms with Crippen LogP contribution in [-0.4, -0.2) is 26.8 Å². The summed E-state index contributed by atoms with van der Waals surface area (Å²) < 4.78 is 1.88. The standard InChI is InChI=1S/C24H18ClN5/c1-29(22-9-5-4-6-19(22)17-10-12-18(25)13-11-17)23-20-7-2-3-8-21(20)24(28-27-23)30-15-14-26-16-30/h2-16H,1H3. The topological polar surface area (TPSA) is 46.8 Å². The van der Waals surface area contributed by atoms with Crippen LogP contribution in [-0.2, 0) is 0 Å². The summed E-state index contributed by atoms with van der Waals surface area (Å²) in [6.07, 6.45) is 5.34. The van der Waals surface area contributed by atoms with E-state index in [0.29, 0.717) is 0 Å². The Hall–Kier alpha value is -3.70. The number of imidazole rings is 1. The van der Waals surface area contributed by atoms with Gasteiger partial charge in [0, 0.05) is 46.5 Å². The Morgan fingerprint density at radius 2 is 1.57 bits per heavy atom. The Morgan fingerprint density at radius 1 is 0.833 bits per heavy atom. The van der Waals surface area contributed by atoms with E-state index in [1.54, 1.807) is 12.5 Å². The van der Waals surface area contributed by atoms with E-state index in [4.69, 9.17) is 11.6 Å². The average Bonchev–Trinajstić information content (AvgIpc) is 3.33. The van der Waals surface area contributed by atoms with Crippen LogP contribution in [0.3, 0.4) is 0 Å². The van der Waals surface area contributed by atoms with E-state index in [1.807, 2.05) is 66.3 Å². The maximum atomic E-state index is 6.08. The maximum absolute atomic E-state index is 6.08. The van der Waals surface area contributed by atoms with E-state index in [-0.39, 0.29) is 0 Å². The third-order valence-corrected chi connectivity index (χ3v) is 5.39. The number of hydrogen-bond donors (Lipinski definition) is 0. The van der Waals surface area contributed by atoms with Crippen LogP contribution in [0.5, 0.6) is 0 Å². The van der Waals surface area contributed by atoms with Gasteiger partial charge < -0.3 is 4.90 Å². The second-order valence-corrected chi connectivity index (χ2v) is 7.38. The first kappa shape index (κ1) is 18.3. The number of para-hydroxylation sites is 1. The minimum Gasteiger partial charge on any atom is -0.327 e. The van der Waals surface area contributed by atoms with Crippen molar-refractivity contribution >= 4 is 33.9 Å². The molecule has 6 heteroatoms. The molecule has 146 valence electrons. The summed E-state index contributed by atoms with van der Waals surface area (Å²) in [6, 6.07) is 24.3. The summed E-state index contributed by atoms with van der Waals surface area (Å²) in [5, 5.41) is 11.9. The largest absolute Gasteiger partial charge is 0.327 e. The normalized spacial score (nSPS) is 11.0. The number of fused-ring (bicyclic) bond motifs is 1. The van der Waals surface area contributed by atoms with Gasteiger partial charge in [0.25, 0.3) is 0 Å². The lowest BCUT2D eigenvalue weighted by molar-refractivity contribution is 0.918. The van der Waals surface area contributed by atoms with Crippen molar-refractivity contribution in [3.8, 4) is 16.9 Å². The zero-order valence-electron chi connectivity index (χ0n) is 16.3. The Balaban J connectivity index is 1.66. The molecule has 0 fully saturated rings. The molecule has 0 unspecified atom stereocenters. The molecule has 0 N–H and O–H groups in total. The van der Waals surface area contributed by atoms with Crippen LogP contribution < -0.4 is 4.90 Å². The summed E-state index contributed by atoms with van der Waals surface area (Å²) in [6.45, 7) is 0. The monoisotopic (exact) mass is 411 g/mol. The molecule has 5 rings (SSSR count). The zero-order valence-corrected chi connectivity index (χ0v) is 17.0. The molecule has 0 atom stereocenters. The van der Waals surface area contributed by atoms with E-state index in [0.717, 1.165) is 44.2 Å². The van der Waals surface area contributed by atoms with Crippen LogP contribution in [0.15, 0.2) is 91.5 Å². The number of aromatic nitrogens is 4. The van der Waals surface area contributed by atoms with Gasteiger partial charge in [-0.15, -0.1) is 10.2 Å². The highest BCUT2D eigenvalue weighted by Crippen LogP contribution is 2.36. The van der Waals surface area contributed by atoms with Crippen molar-refractivity contribution in [3.63, 3.8) is 0 Å². The highest BCUT2D eigenvalue weighted by molar-refractivity contribution is 6.30. The van der Waals surface area contributed by atoms with Gasteiger partial charge in [0.2, 0.25) is 0 Å². The Bertz CT molecular complexity index is 1310. The molecule has 5 nitrogen and oxygen atoms in total. The fourth-order valence-corrected chi connectivity index (χ4v) is 3.78. The zero-order chi connectivity index (χ0) is 20.5. The molecule has 2 heterocycles. The Kier molecular flexibility index (Phi) is 4.65. The van der Waals surface area contributed by atoms with Crippen molar-refractivity contribution in [1.82, 2.24) is 19.7 Å². The van der Waals surface area contributed by atoms with Crippen molar-refractivity contribution in [1.29, 1.82) is 0 Å². The molecular formula is C24H18ClN5. The molecule has 5 aromatic rings. The van der Waals surface area contributed by atoms with Crippen LogP contribution >= 0.6 is 11.6 Å². The molecule has 0 bridgehead atoms. The van der Waals surface area contributed by atoms with Crippen LogP contribution in [0, 0.1) is 0 Å². The van der Waals surface area contributed by atoms with Gasteiger partial charge in [0.05, 0.1) is 0 Å². The average molecular weight is 412 g/mol. The van der Waals surface area contributed by atoms with Gasteiger partial charge in [-0.1, -0.05) is 66.2 Å². The van der Waals surface area contributed by atoms with Crippen molar-refractivity contribution in [2.45, 2.75) is 0 Å². The summed E-state index contributed by atoms with van der Waals surface area (Å²) in [5.74, 6) is 1.54. The summed E-state index contributed by atoms with van der Waals surface area (Å²) in [7, 11) is 2.02. The molecule has 3 aromatic carbocycles. The van der Waals surface area contributed by atoms with Crippen molar-refractivity contribution in [2.24, 2.45) is 0 Å². The first-order chi connectivity index (χ1) is 14.7. The number of benzene rings is 3. The lowest BCUT2D eigenvalue weighted by Crippen LogP contribution is -2.14. The molecule has 0 saturated heterocycles. The summed E-state index contributed by atoms with van der Waals surface area (Å²) in [4.78, 5) is 6.22. The van der Waals surface area contributed by atoms with E-state index >= 15 is 0 Å². The minimum absolute atomic E-state index is 0.719. The molecule has 2 aromatic heterocycles. The summed E-state index contributed by atoms with van der Waals surface area (Å²) >= 11 is 6.08. The van der Waals surface area contributed by atoms with Crippen molar-refractivity contribution in [2.75, 3.05) is 11.9 Å². The molecule has 0 aliphatic carbocycles. The van der Waals surface area contributed by atoms with E-state index < -0.39 is 0 Å². The fourth-order valence-electron chi connectivity index (χ4n) is 3.65. The van der Waals surface area contributed by atoms with Crippen LogP contribution in [0.25, 0.3) is 27.7 Å². The smallest absolute Gasteiger partial charge is 0.168 e. The van der Waals surface area contributed by atoms with Gasteiger partial charge in [0.15, 0.2) is 11.6 Å². The molecule has 0 radical (unpaired) electrons. The Morgan fingerprint density at radius 3 is 2.33 bits per heavy atom. The van der Waals surface area contributed by atoms with E-state index in [9.17, 15) is 0 Å². The van der Waals surface area contributed by atoms with Crippen molar-refractivity contribution in [3.05, 3.63) is 96.5 Å². The number of halogens is 1. The quantitative estimate of drug-likeness (QED) is 0.369. The third-order valence-electron chi connectivity index (χ3n) is 5.14. The summed E-state index contributed by atoms with van der Waals surface area (Å²) in [5.41, 5.74) is 3.23. The maximum Gasteiger partial charge on any atom is 0.168 e. The van der Waals surface area contributed by atoms with Gasteiger partial charge in [0.1, 0.15) is 6.33 Å². The lowest BCUT2D eigenvalue weighted by atomic mass is 10.0. The molecular weight excluding hydrogens is 394 g/mol. The second-order valence-electron chi connectivity index (χ2n) is 6.95. The molecule has 0 aliphatic heterocycles. The molecule has 30 heavy (non-hydrogen) atoms. The van der Waals surface area contributed by atoms with Crippen molar-refractivity contribution < 1.29 is 0 Å². The van der Waals surface area contributed by atoms with Gasteiger partial charge >= 0.3 is 0 Å². The fraction of sp³-hybridized carbons (Fsp3) is 0.0417. The SMILES string of the molecule is CN(c1ccccc1-c1ccc(Cl)cc1)c1nnc(-n2ccnc2)c2ccccc12. The highest BCUT2D eigenvalue weighted by atomic mass is 35.5. The van der Waals surface area contributed by atoms with Gasteiger partial charge in [-0.3, -0.25) is 4.57 Å². The highest BCUT2D eigenvalue weighted by Gasteiger charge is 2.17. The van der Waals surface area contributed by atoms with Gasteiger partial charge in [-0.25, -0.2) is 4.98 Å². The second kappa shape index (κ2) is 7.61. The van der Waals surface area contributed by atoms with Crippen LogP contribution in [0.2, 0.25) is 5.02 Å². The third kappa shape index (κ3) is 3.19. The first-order valence-corrected chi connectivity index (χ1v) is 9.92. The lowest BCUT2D eigenvalue weighted by Gasteiger charge is -2.23. The number of nitrogens with zero attached hydrogens (tertiary/aromatic N) is 5. The predicted octanol–water partition coefficient (Wildman–Crippen LogP) is 5.90. The van der Waals surface area contributed by atoms with E-state index in [1.165, 1.54) is 0 Å². The number of rotatable bonds is 4. The molecule has 0 saturated carbocycles. The van der Waals surface area contributed by atoms with Gasteiger partial charge in [-0.05, 0) is 23.8 Å². The van der Waals surface area contributed by atoms with Crippen LogP contribution in [0.4, 0.5) is 11.5 Å². The molecule has 0 amide bonds. The Labute approximate surface area is 179 Å².